The van der Waals surface area contributed by atoms with E-state index in [9.17, 15) is 9.59 Å². The summed E-state index contributed by atoms with van der Waals surface area (Å²) < 4.78 is 0. The second-order valence-electron chi connectivity index (χ2n) is 6.63. The van der Waals surface area contributed by atoms with Gasteiger partial charge in [-0.1, -0.05) is 40.5 Å². The fourth-order valence-electron chi connectivity index (χ4n) is 3.96. The molecule has 2 fully saturated rings. The fourth-order valence-corrected chi connectivity index (χ4v) is 3.96. The minimum Gasteiger partial charge on any atom is -0.340 e. The van der Waals surface area contributed by atoms with E-state index in [-0.39, 0.29) is 23.9 Å². The molecule has 0 bridgehead atoms. The Kier molecular flexibility index (Phi) is 4.40. The fraction of sp³-hybridized carbons (Fsp3) is 0.875. The molecule has 2 amide bonds. The van der Waals surface area contributed by atoms with Crippen LogP contribution in [0.1, 0.15) is 66.2 Å². The molecule has 1 spiro atoms. The summed E-state index contributed by atoms with van der Waals surface area (Å²) in [6.07, 6.45) is 5.28. The second-order valence-corrected chi connectivity index (χ2v) is 6.63. The number of carbonyl (C=O) groups excluding carboxylic acids is 2. The van der Waals surface area contributed by atoms with Gasteiger partial charge < -0.3 is 10.2 Å². The Morgan fingerprint density at radius 3 is 2.30 bits per heavy atom. The number of carbonyl (C=O) groups is 2. The lowest BCUT2D eigenvalue weighted by atomic mass is 9.86. The number of rotatable bonds is 4. The van der Waals surface area contributed by atoms with Gasteiger partial charge in [-0.05, 0) is 31.6 Å². The molecule has 2 atom stereocenters. The van der Waals surface area contributed by atoms with E-state index >= 15 is 0 Å². The molecule has 1 aliphatic heterocycles. The van der Waals surface area contributed by atoms with Crippen LogP contribution in [0.5, 0.6) is 0 Å². The molecule has 0 aromatic rings. The van der Waals surface area contributed by atoms with Crippen molar-refractivity contribution in [2.24, 2.45) is 5.92 Å². The quantitative estimate of drug-likeness (QED) is 0.860. The van der Waals surface area contributed by atoms with Crippen LogP contribution in [0.4, 0.5) is 0 Å². The lowest BCUT2D eigenvalue weighted by molar-refractivity contribution is -0.159. The highest BCUT2D eigenvalue weighted by Gasteiger charge is 2.53. The van der Waals surface area contributed by atoms with Crippen LogP contribution in [0.2, 0.25) is 0 Å². The Hall–Kier alpha value is -1.06. The molecule has 4 heteroatoms. The Balaban J connectivity index is 2.37. The normalized spacial score (nSPS) is 27.2. The van der Waals surface area contributed by atoms with Gasteiger partial charge in [-0.3, -0.25) is 9.59 Å². The summed E-state index contributed by atoms with van der Waals surface area (Å²) in [6.45, 7) is 8.38. The molecule has 2 aliphatic rings. The Morgan fingerprint density at radius 2 is 1.85 bits per heavy atom. The van der Waals surface area contributed by atoms with Gasteiger partial charge >= 0.3 is 0 Å². The Morgan fingerprint density at radius 1 is 1.25 bits per heavy atom. The number of nitrogens with zero attached hydrogens (tertiary/aromatic N) is 1. The molecule has 114 valence electrons. The first-order chi connectivity index (χ1) is 9.46. The minimum absolute atomic E-state index is 0.0492. The molecule has 1 saturated heterocycles. The van der Waals surface area contributed by atoms with Crippen LogP contribution >= 0.6 is 0 Å². The average Bonchev–Trinajstić information content (AvgIpc) is 2.85. The van der Waals surface area contributed by atoms with E-state index in [2.05, 4.69) is 26.1 Å². The summed E-state index contributed by atoms with van der Waals surface area (Å²) in [5, 5.41) is 3.06. The first kappa shape index (κ1) is 15.3. The van der Waals surface area contributed by atoms with Crippen LogP contribution in [-0.4, -0.2) is 34.3 Å². The van der Waals surface area contributed by atoms with E-state index in [1.165, 1.54) is 0 Å². The van der Waals surface area contributed by atoms with E-state index in [4.69, 9.17) is 0 Å². The van der Waals surface area contributed by atoms with E-state index in [0.29, 0.717) is 12.3 Å². The van der Waals surface area contributed by atoms with Crippen LogP contribution < -0.4 is 5.32 Å². The highest BCUT2D eigenvalue weighted by Crippen LogP contribution is 2.37. The monoisotopic (exact) mass is 280 g/mol. The third kappa shape index (κ3) is 2.33. The zero-order chi connectivity index (χ0) is 14.9. The number of amides is 2. The average molecular weight is 280 g/mol. The summed E-state index contributed by atoms with van der Waals surface area (Å²) >= 11 is 0. The van der Waals surface area contributed by atoms with Gasteiger partial charge in [-0.2, -0.15) is 0 Å². The number of hydrogen-bond donors (Lipinski definition) is 1. The third-order valence-electron chi connectivity index (χ3n) is 5.03. The molecule has 1 saturated carbocycles. The second kappa shape index (κ2) is 5.74. The molecule has 1 N–H and O–H groups in total. The van der Waals surface area contributed by atoms with Crippen LogP contribution in [0.3, 0.4) is 0 Å². The van der Waals surface area contributed by atoms with Crippen molar-refractivity contribution >= 4 is 11.8 Å². The van der Waals surface area contributed by atoms with Gasteiger partial charge in [-0.15, -0.1) is 0 Å². The highest BCUT2D eigenvalue weighted by atomic mass is 16.2. The van der Waals surface area contributed by atoms with Gasteiger partial charge in [-0.25, -0.2) is 0 Å². The summed E-state index contributed by atoms with van der Waals surface area (Å²) in [5.41, 5.74) is -0.592. The van der Waals surface area contributed by atoms with E-state index in [0.717, 1.165) is 32.1 Å². The molecule has 20 heavy (non-hydrogen) atoms. The van der Waals surface area contributed by atoms with E-state index in [1.807, 2.05) is 11.8 Å². The maximum atomic E-state index is 13.1. The minimum atomic E-state index is -0.592. The maximum absolute atomic E-state index is 13.1. The summed E-state index contributed by atoms with van der Waals surface area (Å²) in [4.78, 5) is 27.5. The molecule has 1 aliphatic carbocycles. The molecular weight excluding hydrogens is 252 g/mol. The van der Waals surface area contributed by atoms with Crippen molar-refractivity contribution in [2.45, 2.75) is 83.8 Å². The standard InChI is InChI=1S/C16H28N2O2/c1-5-12(11(3)4)18-13(6-2)14(19)17-16(15(18)20)9-7-8-10-16/h11-13H,5-10H2,1-4H3,(H,17,19). The third-order valence-corrected chi connectivity index (χ3v) is 5.03. The summed E-state index contributed by atoms with van der Waals surface area (Å²) in [6, 6.07) is -0.128. The lowest BCUT2D eigenvalue weighted by Crippen LogP contribution is -2.71. The van der Waals surface area contributed by atoms with Gasteiger partial charge in [0.15, 0.2) is 0 Å². The van der Waals surface area contributed by atoms with Gasteiger partial charge in [0, 0.05) is 6.04 Å². The highest BCUT2D eigenvalue weighted by molar-refractivity contribution is 6.00. The largest absolute Gasteiger partial charge is 0.340 e. The first-order valence-electron chi connectivity index (χ1n) is 8.11. The molecule has 4 nitrogen and oxygen atoms in total. The molecule has 2 unspecified atom stereocenters. The van der Waals surface area contributed by atoms with Crippen LogP contribution in [0, 0.1) is 5.92 Å². The van der Waals surface area contributed by atoms with Crippen molar-refractivity contribution in [2.75, 3.05) is 0 Å². The van der Waals surface area contributed by atoms with Gasteiger partial charge in [0.1, 0.15) is 11.6 Å². The van der Waals surface area contributed by atoms with E-state index in [1.54, 1.807) is 0 Å². The summed E-state index contributed by atoms with van der Waals surface area (Å²) in [5.74, 6) is 0.595. The van der Waals surface area contributed by atoms with Crippen molar-refractivity contribution < 1.29 is 9.59 Å². The molecule has 0 aromatic heterocycles. The maximum Gasteiger partial charge on any atom is 0.249 e. The van der Waals surface area contributed by atoms with Crippen molar-refractivity contribution in [1.29, 1.82) is 0 Å². The smallest absolute Gasteiger partial charge is 0.249 e. The van der Waals surface area contributed by atoms with E-state index < -0.39 is 5.54 Å². The zero-order valence-electron chi connectivity index (χ0n) is 13.2. The van der Waals surface area contributed by atoms with Gasteiger partial charge in [0.05, 0.1) is 0 Å². The Bertz CT molecular complexity index is 386. The Labute approximate surface area is 122 Å². The lowest BCUT2D eigenvalue weighted by Gasteiger charge is -2.48. The van der Waals surface area contributed by atoms with Crippen LogP contribution in [0.25, 0.3) is 0 Å². The topological polar surface area (TPSA) is 49.4 Å². The van der Waals surface area contributed by atoms with Crippen molar-refractivity contribution in [3.63, 3.8) is 0 Å². The number of hydrogen-bond acceptors (Lipinski definition) is 2. The summed E-state index contributed by atoms with van der Waals surface area (Å²) in [7, 11) is 0. The molecule has 0 radical (unpaired) electrons. The zero-order valence-corrected chi connectivity index (χ0v) is 13.2. The predicted octanol–water partition coefficient (Wildman–Crippen LogP) is 2.47. The molecule has 1 heterocycles. The number of piperazine rings is 1. The molecule has 2 rings (SSSR count). The SMILES string of the molecule is CCC1C(=O)NC2(CCCC2)C(=O)N1C(CC)C(C)C. The van der Waals surface area contributed by atoms with Crippen LogP contribution in [0.15, 0.2) is 0 Å². The first-order valence-corrected chi connectivity index (χ1v) is 8.11. The van der Waals surface area contributed by atoms with Crippen molar-refractivity contribution in [3.05, 3.63) is 0 Å². The van der Waals surface area contributed by atoms with Gasteiger partial charge in [0.25, 0.3) is 0 Å². The molecule has 0 aromatic carbocycles. The van der Waals surface area contributed by atoms with Crippen molar-refractivity contribution in [3.8, 4) is 0 Å². The van der Waals surface area contributed by atoms with Gasteiger partial charge in [0.2, 0.25) is 11.8 Å². The van der Waals surface area contributed by atoms with Crippen molar-refractivity contribution in [1.82, 2.24) is 10.2 Å². The molecular formula is C16H28N2O2. The number of nitrogens with one attached hydrogen (secondary N) is 1. The van der Waals surface area contributed by atoms with Crippen LogP contribution in [-0.2, 0) is 9.59 Å². The predicted molar refractivity (Wildman–Crippen MR) is 79.2 cm³/mol.